The van der Waals surface area contributed by atoms with E-state index in [-0.39, 0.29) is 24.9 Å². The molecule has 0 radical (unpaired) electrons. The van der Waals surface area contributed by atoms with E-state index in [1.165, 1.54) is 0 Å². The maximum atomic E-state index is 12.0. The lowest BCUT2D eigenvalue weighted by Gasteiger charge is -2.22. The van der Waals surface area contributed by atoms with Gasteiger partial charge in [-0.1, -0.05) is 20.8 Å². The third-order valence-electron chi connectivity index (χ3n) is 2.40. The summed E-state index contributed by atoms with van der Waals surface area (Å²) in [7, 11) is -2.97. The van der Waals surface area contributed by atoms with Crippen LogP contribution in [0, 0.1) is 5.41 Å². The number of hydrogen-bond donors (Lipinski definition) is 0. The standard InChI is InChI=1S/C10H18N2O5S/c1-10(2,3)7-8(13)11-5-6-12(9(14)17-4)18(11,15)16/h5-7H2,1-4H3. The van der Waals surface area contributed by atoms with Crippen molar-refractivity contribution in [3.63, 3.8) is 0 Å². The molecular formula is C10H18N2O5S. The molecular weight excluding hydrogens is 260 g/mol. The lowest BCUT2D eigenvalue weighted by atomic mass is 9.92. The Morgan fingerprint density at radius 3 is 2.11 bits per heavy atom. The van der Waals surface area contributed by atoms with Gasteiger partial charge in [0, 0.05) is 6.42 Å². The SMILES string of the molecule is COC(=O)N1CCN(C(=O)CC(C)(C)C)S1(=O)=O. The zero-order chi connectivity index (χ0) is 14.1. The fraction of sp³-hybridized carbons (Fsp3) is 0.800. The Kier molecular flexibility index (Phi) is 3.89. The number of hydrogen-bond acceptors (Lipinski definition) is 5. The monoisotopic (exact) mass is 278 g/mol. The van der Waals surface area contributed by atoms with E-state index in [1.54, 1.807) is 0 Å². The van der Waals surface area contributed by atoms with Gasteiger partial charge >= 0.3 is 16.3 Å². The number of rotatable bonds is 1. The first-order valence-electron chi connectivity index (χ1n) is 5.51. The molecule has 0 bridgehead atoms. The van der Waals surface area contributed by atoms with Crippen LogP contribution >= 0.6 is 0 Å². The number of ether oxygens (including phenoxy) is 1. The summed E-state index contributed by atoms with van der Waals surface area (Å²) in [6.07, 6.45) is -0.873. The molecule has 0 aromatic carbocycles. The Balaban J connectivity index is 2.89. The molecule has 1 aliphatic rings. The molecule has 0 unspecified atom stereocenters. The van der Waals surface area contributed by atoms with Gasteiger partial charge in [-0.15, -0.1) is 0 Å². The fourth-order valence-corrected chi connectivity index (χ4v) is 3.06. The Hall–Kier alpha value is -1.31. The van der Waals surface area contributed by atoms with Crippen LogP contribution in [0.25, 0.3) is 0 Å². The summed E-state index contributed by atoms with van der Waals surface area (Å²) in [5.41, 5.74) is -0.314. The van der Waals surface area contributed by atoms with Crippen LogP contribution in [0.3, 0.4) is 0 Å². The molecule has 0 aromatic rings. The van der Waals surface area contributed by atoms with E-state index < -0.39 is 22.2 Å². The summed E-state index contributed by atoms with van der Waals surface area (Å²) < 4.78 is 29.6. The highest BCUT2D eigenvalue weighted by Gasteiger charge is 2.43. The van der Waals surface area contributed by atoms with E-state index in [1.807, 2.05) is 20.8 Å². The van der Waals surface area contributed by atoms with E-state index >= 15 is 0 Å². The van der Waals surface area contributed by atoms with E-state index in [0.717, 1.165) is 11.4 Å². The number of amides is 2. The second-order valence-electron chi connectivity index (χ2n) is 5.25. The van der Waals surface area contributed by atoms with Crippen molar-refractivity contribution in [2.75, 3.05) is 20.2 Å². The first-order chi connectivity index (χ1) is 8.09. The van der Waals surface area contributed by atoms with Gasteiger partial charge in [-0.25, -0.2) is 9.10 Å². The normalized spacial score (nSPS) is 18.9. The maximum absolute atomic E-state index is 12.0. The molecule has 0 atom stereocenters. The predicted octanol–water partition coefficient (Wildman–Crippen LogP) is 0.578. The second kappa shape index (κ2) is 4.75. The van der Waals surface area contributed by atoms with Gasteiger partial charge in [0.1, 0.15) is 0 Å². The fourth-order valence-electron chi connectivity index (χ4n) is 1.61. The molecule has 0 spiro atoms. The van der Waals surface area contributed by atoms with Crippen LogP contribution < -0.4 is 0 Å². The molecule has 0 aromatic heterocycles. The van der Waals surface area contributed by atoms with Crippen molar-refractivity contribution in [2.45, 2.75) is 27.2 Å². The molecule has 0 N–H and O–H groups in total. The minimum atomic E-state index is -4.07. The first-order valence-corrected chi connectivity index (χ1v) is 6.90. The van der Waals surface area contributed by atoms with E-state index in [2.05, 4.69) is 4.74 Å². The van der Waals surface area contributed by atoms with Gasteiger partial charge in [0.2, 0.25) is 5.91 Å². The molecule has 1 heterocycles. The highest BCUT2D eigenvalue weighted by Crippen LogP contribution is 2.24. The third kappa shape index (κ3) is 2.92. The summed E-state index contributed by atoms with van der Waals surface area (Å²) >= 11 is 0. The van der Waals surface area contributed by atoms with Crippen molar-refractivity contribution < 1.29 is 22.7 Å². The molecule has 8 heteroatoms. The zero-order valence-electron chi connectivity index (χ0n) is 11.0. The van der Waals surface area contributed by atoms with Gasteiger partial charge in [0.15, 0.2) is 0 Å². The van der Waals surface area contributed by atoms with Gasteiger partial charge in [0.05, 0.1) is 20.2 Å². The average molecular weight is 278 g/mol. The minimum absolute atomic E-state index is 0.0215. The minimum Gasteiger partial charge on any atom is -0.452 e. The molecule has 1 saturated heterocycles. The Bertz CT molecular complexity index is 451. The maximum Gasteiger partial charge on any atom is 0.424 e. The number of carbonyl (C=O) groups is 2. The number of nitrogens with zero attached hydrogens (tertiary/aromatic N) is 2. The van der Waals surface area contributed by atoms with Crippen LogP contribution in [0.5, 0.6) is 0 Å². The number of carbonyl (C=O) groups excluding carboxylic acids is 2. The largest absolute Gasteiger partial charge is 0.452 e. The molecule has 1 fully saturated rings. The molecule has 1 aliphatic heterocycles. The van der Waals surface area contributed by atoms with E-state index in [4.69, 9.17) is 0 Å². The quantitative estimate of drug-likeness (QED) is 0.700. The zero-order valence-corrected chi connectivity index (χ0v) is 11.8. The van der Waals surface area contributed by atoms with Crippen molar-refractivity contribution in [1.82, 2.24) is 8.61 Å². The van der Waals surface area contributed by atoms with E-state index in [0.29, 0.717) is 4.31 Å². The van der Waals surface area contributed by atoms with Crippen molar-refractivity contribution >= 4 is 22.2 Å². The summed E-state index contributed by atoms with van der Waals surface area (Å²) in [6.45, 7) is 5.43. The Morgan fingerprint density at radius 2 is 1.67 bits per heavy atom. The molecule has 0 saturated carbocycles. The molecule has 0 aliphatic carbocycles. The molecule has 2 amide bonds. The van der Waals surface area contributed by atoms with Crippen LogP contribution in [0.4, 0.5) is 4.79 Å². The average Bonchev–Trinajstić information content (AvgIpc) is 2.50. The second-order valence-corrected chi connectivity index (χ2v) is 7.03. The van der Waals surface area contributed by atoms with Gasteiger partial charge in [-0.2, -0.15) is 12.7 Å². The van der Waals surface area contributed by atoms with Crippen molar-refractivity contribution in [1.29, 1.82) is 0 Å². The Morgan fingerprint density at radius 1 is 1.17 bits per heavy atom. The van der Waals surface area contributed by atoms with Gasteiger partial charge in [0.25, 0.3) is 0 Å². The Labute approximate surface area is 107 Å². The topological polar surface area (TPSA) is 84.0 Å². The van der Waals surface area contributed by atoms with Crippen LogP contribution in [0.2, 0.25) is 0 Å². The number of methoxy groups -OCH3 is 1. The van der Waals surface area contributed by atoms with Gasteiger partial charge in [-0.3, -0.25) is 4.79 Å². The summed E-state index contributed by atoms with van der Waals surface area (Å²) in [5.74, 6) is -0.506. The van der Waals surface area contributed by atoms with Crippen LogP contribution in [-0.2, 0) is 19.7 Å². The summed E-state index contributed by atoms with van der Waals surface area (Å²) in [4.78, 5) is 23.2. The lowest BCUT2D eigenvalue weighted by Crippen LogP contribution is -2.40. The lowest BCUT2D eigenvalue weighted by molar-refractivity contribution is -0.127. The van der Waals surface area contributed by atoms with Crippen molar-refractivity contribution in [3.8, 4) is 0 Å². The molecule has 104 valence electrons. The van der Waals surface area contributed by atoms with Crippen LogP contribution in [0.15, 0.2) is 0 Å². The van der Waals surface area contributed by atoms with Gasteiger partial charge in [-0.05, 0) is 5.41 Å². The van der Waals surface area contributed by atoms with Gasteiger partial charge < -0.3 is 4.74 Å². The molecule has 7 nitrogen and oxygen atoms in total. The van der Waals surface area contributed by atoms with Crippen LogP contribution in [-0.4, -0.2) is 49.2 Å². The highest BCUT2D eigenvalue weighted by molar-refractivity contribution is 7.88. The van der Waals surface area contributed by atoms with E-state index in [9.17, 15) is 18.0 Å². The summed E-state index contributed by atoms with van der Waals surface area (Å²) in [6, 6.07) is 0. The molecule has 18 heavy (non-hydrogen) atoms. The summed E-state index contributed by atoms with van der Waals surface area (Å²) in [5, 5.41) is 0. The van der Waals surface area contributed by atoms with Crippen molar-refractivity contribution in [2.24, 2.45) is 5.41 Å². The molecule has 1 rings (SSSR count). The first kappa shape index (κ1) is 14.7. The van der Waals surface area contributed by atoms with Crippen molar-refractivity contribution in [3.05, 3.63) is 0 Å². The van der Waals surface area contributed by atoms with Crippen LogP contribution in [0.1, 0.15) is 27.2 Å². The third-order valence-corrected chi connectivity index (χ3v) is 4.23. The highest BCUT2D eigenvalue weighted by atomic mass is 32.2. The smallest absolute Gasteiger partial charge is 0.424 e. The predicted molar refractivity (Wildman–Crippen MR) is 63.8 cm³/mol.